The minimum Gasteiger partial charge on any atom is -0.497 e. The number of methoxy groups -OCH3 is 2. The van der Waals surface area contributed by atoms with Crippen LogP contribution >= 0.6 is 15.9 Å². The Morgan fingerprint density at radius 2 is 1.45 bits per heavy atom. The SMILES string of the molecule is COc1ccc(C(=O)Oc2ccc(Br)cc2C=NNC(=O)c2cccc(NC(=O)c3cccc(OC)c3)c2)cc1. The van der Waals surface area contributed by atoms with Crippen molar-refractivity contribution in [2.24, 2.45) is 5.10 Å². The van der Waals surface area contributed by atoms with Crippen LogP contribution in [0.2, 0.25) is 0 Å². The van der Waals surface area contributed by atoms with E-state index in [0.29, 0.717) is 33.9 Å². The van der Waals surface area contributed by atoms with Crippen molar-refractivity contribution in [2.75, 3.05) is 19.5 Å². The number of nitrogens with one attached hydrogen (secondary N) is 2. The molecular weight excluding hydrogens is 578 g/mol. The second-order valence-electron chi connectivity index (χ2n) is 8.27. The largest absolute Gasteiger partial charge is 0.497 e. The Morgan fingerprint density at radius 1 is 0.750 bits per heavy atom. The number of ether oxygens (including phenoxy) is 3. The van der Waals surface area contributed by atoms with Gasteiger partial charge < -0.3 is 19.5 Å². The molecule has 0 heterocycles. The average molecular weight is 602 g/mol. The third-order valence-corrected chi connectivity index (χ3v) is 6.08. The Morgan fingerprint density at radius 3 is 2.17 bits per heavy atom. The molecule has 10 heteroatoms. The van der Waals surface area contributed by atoms with E-state index in [-0.39, 0.29) is 17.2 Å². The molecule has 0 saturated carbocycles. The number of esters is 1. The van der Waals surface area contributed by atoms with Gasteiger partial charge in [-0.25, -0.2) is 10.2 Å². The molecule has 9 nitrogen and oxygen atoms in total. The van der Waals surface area contributed by atoms with Crippen LogP contribution in [-0.2, 0) is 0 Å². The van der Waals surface area contributed by atoms with E-state index in [1.54, 1.807) is 84.9 Å². The van der Waals surface area contributed by atoms with Gasteiger partial charge >= 0.3 is 5.97 Å². The molecule has 0 aliphatic carbocycles. The molecule has 0 aliphatic heterocycles. The minimum atomic E-state index is -0.559. The second-order valence-corrected chi connectivity index (χ2v) is 9.18. The van der Waals surface area contributed by atoms with Gasteiger partial charge in [-0.05, 0) is 78.9 Å². The molecule has 0 spiro atoms. The number of halogens is 1. The third-order valence-electron chi connectivity index (χ3n) is 5.58. The zero-order valence-corrected chi connectivity index (χ0v) is 23.1. The van der Waals surface area contributed by atoms with Crippen LogP contribution in [0.3, 0.4) is 0 Å². The normalized spacial score (nSPS) is 10.6. The van der Waals surface area contributed by atoms with Gasteiger partial charge in [0.25, 0.3) is 11.8 Å². The van der Waals surface area contributed by atoms with Crippen LogP contribution in [0.1, 0.15) is 36.6 Å². The van der Waals surface area contributed by atoms with Crippen LogP contribution in [0.25, 0.3) is 0 Å². The highest BCUT2D eigenvalue weighted by molar-refractivity contribution is 9.10. The molecule has 202 valence electrons. The number of nitrogens with zero attached hydrogens (tertiary/aromatic N) is 1. The summed E-state index contributed by atoms with van der Waals surface area (Å²) in [6.45, 7) is 0. The van der Waals surface area contributed by atoms with Crippen molar-refractivity contribution < 1.29 is 28.6 Å². The zero-order valence-electron chi connectivity index (χ0n) is 21.5. The van der Waals surface area contributed by atoms with Crippen molar-refractivity contribution in [2.45, 2.75) is 0 Å². The summed E-state index contributed by atoms with van der Waals surface area (Å²) in [5.41, 5.74) is 4.38. The van der Waals surface area contributed by atoms with Crippen molar-refractivity contribution in [3.8, 4) is 17.2 Å². The van der Waals surface area contributed by atoms with Crippen LogP contribution < -0.4 is 25.0 Å². The number of carbonyl (C=O) groups is 3. The van der Waals surface area contributed by atoms with Gasteiger partial charge in [0.05, 0.1) is 26.0 Å². The molecule has 0 aliphatic rings. The lowest BCUT2D eigenvalue weighted by molar-refractivity contribution is 0.0733. The fourth-order valence-electron chi connectivity index (χ4n) is 3.53. The molecule has 0 atom stereocenters. The summed E-state index contributed by atoms with van der Waals surface area (Å²) < 4.78 is 16.6. The van der Waals surface area contributed by atoms with Crippen LogP contribution in [0.15, 0.2) is 101 Å². The molecule has 4 aromatic rings. The van der Waals surface area contributed by atoms with E-state index >= 15 is 0 Å². The standard InChI is InChI=1S/C30H24BrN3O6/c1-38-25-12-9-19(10-13-25)30(37)40-27-14-11-23(31)15-22(27)18-32-34-29(36)20-5-3-7-24(16-20)33-28(35)21-6-4-8-26(17-21)39-2/h3-18H,1-2H3,(H,33,35)(H,34,36). The molecule has 4 aromatic carbocycles. The minimum absolute atomic E-state index is 0.254. The molecule has 2 N–H and O–H groups in total. The molecule has 0 unspecified atom stereocenters. The van der Waals surface area contributed by atoms with Crippen molar-refractivity contribution in [3.63, 3.8) is 0 Å². The Kier molecular flexibility index (Phi) is 9.27. The number of hydrogen-bond acceptors (Lipinski definition) is 7. The Hall–Kier alpha value is -4.96. The first-order valence-corrected chi connectivity index (χ1v) is 12.7. The smallest absolute Gasteiger partial charge is 0.343 e. The summed E-state index contributed by atoms with van der Waals surface area (Å²) in [6.07, 6.45) is 1.37. The van der Waals surface area contributed by atoms with Crippen molar-refractivity contribution >= 4 is 45.6 Å². The Bertz CT molecular complexity index is 1570. The van der Waals surface area contributed by atoms with Gasteiger partial charge in [-0.15, -0.1) is 0 Å². The lowest BCUT2D eigenvalue weighted by atomic mass is 10.1. The lowest BCUT2D eigenvalue weighted by Crippen LogP contribution is -2.18. The summed E-state index contributed by atoms with van der Waals surface area (Å²) in [5, 5.41) is 6.79. The summed E-state index contributed by atoms with van der Waals surface area (Å²) in [7, 11) is 3.06. The van der Waals surface area contributed by atoms with Crippen molar-refractivity contribution in [3.05, 3.63) is 118 Å². The van der Waals surface area contributed by atoms with E-state index in [4.69, 9.17) is 14.2 Å². The molecule has 0 saturated heterocycles. The van der Waals surface area contributed by atoms with Gasteiger partial charge in [0.2, 0.25) is 0 Å². The van der Waals surface area contributed by atoms with E-state index < -0.39 is 11.9 Å². The fourth-order valence-corrected chi connectivity index (χ4v) is 3.91. The first-order chi connectivity index (χ1) is 19.4. The molecule has 0 bridgehead atoms. The van der Waals surface area contributed by atoms with Crippen LogP contribution in [-0.4, -0.2) is 38.2 Å². The highest BCUT2D eigenvalue weighted by atomic mass is 79.9. The number of carbonyl (C=O) groups excluding carboxylic acids is 3. The van der Waals surface area contributed by atoms with Gasteiger partial charge in [-0.1, -0.05) is 28.1 Å². The van der Waals surface area contributed by atoms with Crippen LogP contribution in [0, 0.1) is 0 Å². The number of hydrazone groups is 1. The Labute approximate surface area is 238 Å². The topological polar surface area (TPSA) is 115 Å². The van der Waals surface area contributed by atoms with Crippen LogP contribution in [0.4, 0.5) is 5.69 Å². The first-order valence-electron chi connectivity index (χ1n) is 11.9. The average Bonchev–Trinajstić information content (AvgIpc) is 2.98. The monoisotopic (exact) mass is 601 g/mol. The maximum absolute atomic E-state index is 12.7. The van der Waals surface area contributed by atoms with Gasteiger partial charge in [0, 0.05) is 26.9 Å². The van der Waals surface area contributed by atoms with Gasteiger partial charge in [0.15, 0.2) is 0 Å². The Balaban J connectivity index is 1.42. The zero-order chi connectivity index (χ0) is 28.5. The van der Waals surface area contributed by atoms with Crippen molar-refractivity contribution in [1.82, 2.24) is 5.43 Å². The quantitative estimate of drug-likeness (QED) is 0.110. The summed E-state index contributed by atoms with van der Waals surface area (Å²) in [5.74, 6) is 0.0263. The molecule has 40 heavy (non-hydrogen) atoms. The second kappa shape index (κ2) is 13.2. The molecule has 0 aromatic heterocycles. The predicted molar refractivity (Wildman–Crippen MR) is 155 cm³/mol. The van der Waals surface area contributed by atoms with Gasteiger partial charge in [0.1, 0.15) is 17.2 Å². The fraction of sp³-hybridized carbons (Fsp3) is 0.0667. The molecule has 2 amide bonds. The highest BCUT2D eigenvalue weighted by Crippen LogP contribution is 2.23. The molecular formula is C30H24BrN3O6. The number of hydrogen-bond donors (Lipinski definition) is 2. The molecule has 0 radical (unpaired) electrons. The molecule has 4 rings (SSSR count). The van der Waals surface area contributed by atoms with E-state index in [0.717, 1.165) is 4.47 Å². The predicted octanol–water partition coefficient (Wildman–Crippen LogP) is 5.70. The summed E-state index contributed by atoms with van der Waals surface area (Å²) in [4.78, 5) is 38.0. The van der Waals surface area contributed by atoms with Crippen LogP contribution in [0.5, 0.6) is 17.2 Å². The summed E-state index contributed by atoms with van der Waals surface area (Å²) in [6, 6.07) is 24.7. The molecule has 0 fully saturated rings. The maximum Gasteiger partial charge on any atom is 0.343 e. The third kappa shape index (κ3) is 7.33. The number of anilines is 1. The van der Waals surface area contributed by atoms with Crippen molar-refractivity contribution in [1.29, 1.82) is 0 Å². The van der Waals surface area contributed by atoms with E-state index in [1.165, 1.54) is 26.5 Å². The summed E-state index contributed by atoms with van der Waals surface area (Å²) >= 11 is 3.39. The van der Waals surface area contributed by atoms with Gasteiger partial charge in [-0.3, -0.25) is 9.59 Å². The van der Waals surface area contributed by atoms with E-state index in [9.17, 15) is 14.4 Å². The maximum atomic E-state index is 12.7. The number of benzene rings is 4. The van der Waals surface area contributed by atoms with E-state index in [2.05, 4.69) is 31.8 Å². The van der Waals surface area contributed by atoms with E-state index in [1.807, 2.05) is 0 Å². The van der Waals surface area contributed by atoms with Gasteiger partial charge in [-0.2, -0.15) is 5.10 Å². The first kappa shape index (κ1) is 28.1. The lowest BCUT2D eigenvalue weighted by Gasteiger charge is -2.09. The number of amides is 2. The number of rotatable bonds is 9. The highest BCUT2D eigenvalue weighted by Gasteiger charge is 2.13.